The summed E-state index contributed by atoms with van der Waals surface area (Å²) in [6.45, 7) is 5.19. The summed E-state index contributed by atoms with van der Waals surface area (Å²) in [7, 11) is 0. The minimum Gasteiger partial charge on any atom is -0.310 e. The van der Waals surface area contributed by atoms with Crippen molar-refractivity contribution >= 4 is 11.6 Å². The van der Waals surface area contributed by atoms with Crippen LogP contribution in [0.25, 0.3) is 0 Å². The number of halogens is 1. The molecular formula is C11H17ClN2. The summed E-state index contributed by atoms with van der Waals surface area (Å²) < 4.78 is 0. The number of alkyl halides is 1. The molecule has 3 heteroatoms. The second-order valence-corrected chi connectivity index (χ2v) is 3.97. The van der Waals surface area contributed by atoms with Crippen molar-refractivity contribution in [2.24, 2.45) is 5.92 Å². The van der Waals surface area contributed by atoms with Crippen molar-refractivity contribution in [3.05, 3.63) is 30.1 Å². The quantitative estimate of drug-likeness (QED) is 0.759. The largest absolute Gasteiger partial charge is 0.310 e. The molecule has 1 aromatic rings. The summed E-state index contributed by atoms with van der Waals surface area (Å²) in [4.78, 5) is 3.97. The van der Waals surface area contributed by atoms with Crippen molar-refractivity contribution in [3.63, 3.8) is 0 Å². The molecular weight excluding hydrogens is 196 g/mol. The molecule has 2 unspecified atom stereocenters. The average molecular weight is 213 g/mol. The van der Waals surface area contributed by atoms with E-state index in [9.17, 15) is 0 Å². The highest BCUT2D eigenvalue weighted by atomic mass is 35.5. The number of aromatic nitrogens is 1. The Morgan fingerprint density at radius 1 is 1.36 bits per heavy atom. The van der Waals surface area contributed by atoms with Gasteiger partial charge in [-0.3, -0.25) is 4.98 Å². The second kappa shape index (κ2) is 5.99. The molecule has 0 bridgehead atoms. The first-order valence-corrected chi connectivity index (χ1v) is 5.45. The molecule has 0 aromatic carbocycles. The van der Waals surface area contributed by atoms with Gasteiger partial charge in [-0.25, -0.2) is 0 Å². The third-order valence-corrected chi connectivity index (χ3v) is 2.96. The number of hydrogen-bond acceptors (Lipinski definition) is 2. The van der Waals surface area contributed by atoms with Crippen molar-refractivity contribution in [2.75, 3.05) is 5.88 Å². The molecule has 0 aliphatic rings. The molecule has 1 aromatic heterocycles. The van der Waals surface area contributed by atoms with Crippen LogP contribution >= 0.6 is 11.6 Å². The van der Waals surface area contributed by atoms with Gasteiger partial charge in [-0.2, -0.15) is 0 Å². The zero-order valence-electron chi connectivity index (χ0n) is 8.70. The van der Waals surface area contributed by atoms with Gasteiger partial charge in [-0.05, 0) is 30.5 Å². The van der Waals surface area contributed by atoms with Crippen LogP contribution in [0.1, 0.15) is 19.4 Å². The van der Waals surface area contributed by atoms with Gasteiger partial charge in [0.05, 0.1) is 0 Å². The smallest absolute Gasteiger partial charge is 0.0271 e. The van der Waals surface area contributed by atoms with Crippen LogP contribution in [-0.4, -0.2) is 16.9 Å². The van der Waals surface area contributed by atoms with E-state index in [0.717, 1.165) is 6.54 Å². The monoisotopic (exact) mass is 212 g/mol. The third-order valence-electron chi connectivity index (χ3n) is 2.47. The molecule has 1 rings (SSSR count). The van der Waals surface area contributed by atoms with E-state index in [1.807, 2.05) is 24.5 Å². The Bertz CT molecular complexity index is 251. The number of nitrogens with one attached hydrogen (secondary N) is 1. The predicted molar refractivity (Wildman–Crippen MR) is 60.4 cm³/mol. The topological polar surface area (TPSA) is 24.9 Å². The van der Waals surface area contributed by atoms with E-state index in [1.54, 1.807) is 0 Å². The van der Waals surface area contributed by atoms with E-state index < -0.39 is 0 Å². The average Bonchev–Trinajstić information content (AvgIpc) is 2.26. The molecule has 0 saturated heterocycles. The molecule has 2 atom stereocenters. The first kappa shape index (κ1) is 11.5. The fourth-order valence-corrected chi connectivity index (χ4v) is 1.38. The first-order chi connectivity index (χ1) is 6.74. The maximum absolute atomic E-state index is 5.78. The van der Waals surface area contributed by atoms with Crippen LogP contribution in [0.4, 0.5) is 0 Å². The van der Waals surface area contributed by atoms with Gasteiger partial charge in [-0.1, -0.05) is 6.92 Å². The standard InChI is InChI=1S/C11H17ClN2/c1-9(7-12)10(2)14-8-11-3-5-13-6-4-11/h3-6,9-10,14H,7-8H2,1-2H3. The van der Waals surface area contributed by atoms with Crippen LogP contribution in [0.3, 0.4) is 0 Å². The molecule has 2 nitrogen and oxygen atoms in total. The Morgan fingerprint density at radius 2 is 2.00 bits per heavy atom. The highest BCUT2D eigenvalue weighted by Crippen LogP contribution is 2.05. The molecule has 0 spiro atoms. The van der Waals surface area contributed by atoms with E-state index in [-0.39, 0.29) is 0 Å². The Hall–Kier alpha value is -0.600. The van der Waals surface area contributed by atoms with E-state index in [2.05, 4.69) is 24.1 Å². The van der Waals surface area contributed by atoms with Crippen LogP contribution in [0.2, 0.25) is 0 Å². The van der Waals surface area contributed by atoms with Crippen LogP contribution in [0.5, 0.6) is 0 Å². The lowest BCUT2D eigenvalue weighted by Gasteiger charge is -2.18. The second-order valence-electron chi connectivity index (χ2n) is 3.66. The van der Waals surface area contributed by atoms with Crippen molar-refractivity contribution < 1.29 is 0 Å². The SMILES string of the molecule is CC(CCl)C(C)NCc1ccncc1. The van der Waals surface area contributed by atoms with Crippen LogP contribution < -0.4 is 5.32 Å². The summed E-state index contributed by atoms with van der Waals surface area (Å²) in [5, 5.41) is 3.44. The van der Waals surface area contributed by atoms with Crippen LogP contribution in [0.15, 0.2) is 24.5 Å². The van der Waals surface area contributed by atoms with Gasteiger partial charge in [0.2, 0.25) is 0 Å². The Kier molecular flexibility index (Phi) is 4.91. The van der Waals surface area contributed by atoms with E-state index >= 15 is 0 Å². The fraction of sp³-hybridized carbons (Fsp3) is 0.545. The third kappa shape index (κ3) is 3.64. The normalized spacial score (nSPS) is 15.1. The van der Waals surface area contributed by atoms with Gasteiger partial charge in [0.1, 0.15) is 0 Å². The summed E-state index contributed by atoms with van der Waals surface area (Å²) in [5.74, 6) is 1.20. The Balaban J connectivity index is 2.34. The summed E-state index contributed by atoms with van der Waals surface area (Å²) >= 11 is 5.78. The molecule has 0 aliphatic heterocycles. The molecule has 0 saturated carbocycles. The van der Waals surface area contributed by atoms with E-state index in [1.165, 1.54) is 5.56 Å². The van der Waals surface area contributed by atoms with Crippen molar-refractivity contribution in [1.29, 1.82) is 0 Å². The lowest BCUT2D eigenvalue weighted by molar-refractivity contribution is 0.430. The van der Waals surface area contributed by atoms with Crippen LogP contribution in [-0.2, 0) is 6.54 Å². The molecule has 0 fully saturated rings. The van der Waals surface area contributed by atoms with Gasteiger partial charge in [0.15, 0.2) is 0 Å². The minimum absolute atomic E-state index is 0.445. The van der Waals surface area contributed by atoms with Crippen LogP contribution in [0, 0.1) is 5.92 Å². The molecule has 1 N–H and O–H groups in total. The summed E-state index contributed by atoms with van der Waals surface area (Å²) in [6, 6.07) is 4.48. The minimum atomic E-state index is 0.445. The van der Waals surface area contributed by atoms with Gasteiger partial charge < -0.3 is 5.32 Å². The lowest BCUT2D eigenvalue weighted by atomic mass is 10.1. The number of pyridine rings is 1. The fourth-order valence-electron chi connectivity index (χ4n) is 1.11. The molecule has 0 aliphatic carbocycles. The van der Waals surface area contributed by atoms with E-state index in [0.29, 0.717) is 17.8 Å². The molecule has 78 valence electrons. The number of nitrogens with zero attached hydrogens (tertiary/aromatic N) is 1. The summed E-state index contributed by atoms with van der Waals surface area (Å²) in [5.41, 5.74) is 1.26. The zero-order valence-corrected chi connectivity index (χ0v) is 9.46. The van der Waals surface area contributed by atoms with Gasteiger partial charge in [0, 0.05) is 30.9 Å². The highest BCUT2D eigenvalue weighted by Gasteiger charge is 2.09. The summed E-state index contributed by atoms with van der Waals surface area (Å²) in [6.07, 6.45) is 3.62. The number of hydrogen-bond donors (Lipinski definition) is 1. The molecule has 0 radical (unpaired) electrons. The maximum atomic E-state index is 5.78. The highest BCUT2D eigenvalue weighted by molar-refractivity contribution is 6.18. The maximum Gasteiger partial charge on any atom is 0.0271 e. The van der Waals surface area contributed by atoms with Crippen molar-refractivity contribution in [2.45, 2.75) is 26.4 Å². The van der Waals surface area contributed by atoms with Crippen molar-refractivity contribution in [3.8, 4) is 0 Å². The Labute approximate surface area is 90.7 Å². The van der Waals surface area contributed by atoms with Gasteiger partial charge in [0.25, 0.3) is 0 Å². The lowest BCUT2D eigenvalue weighted by Crippen LogP contribution is -2.32. The van der Waals surface area contributed by atoms with E-state index in [4.69, 9.17) is 11.6 Å². The molecule has 0 amide bonds. The van der Waals surface area contributed by atoms with Gasteiger partial charge >= 0.3 is 0 Å². The van der Waals surface area contributed by atoms with Gasteiger partial charge in [-0.15, -0.1) is 11.6 Å². The Morgan fingerprint density at radius 3 is 2.57 bits per heavy atom. The first-order valence-electron chi connectivity index (χ1n) is 4.92. The molecule has 14 heavy (non-hydrogen) atoms. The number of rotatable bonds is 5. The predicted octanol–water partition coefficient (Wildman–Crippen LogP) is 2.43. The molecule has 1 heterocycles. The van der Waals surface area contributed by atoms with Crippen molar-refractivity contribution in [1.82, 2.24) is 10.3 Å². The zero-order chi connectivity index (χ0) is 10.4.